The number of hydrogen-bond acceptors (Lipinski definition) is 6. The highest BCUT2D eigenvalue weighted by Crippen LogP contribution is 2.51. The number of alkyl halides is 1. The molecule has 10 heteroatoms. The van der Waals surface area contributed by atoms with Crippen LogP contribution in [0.4, 0.5) is 5.00 Å². The Morgan fingerprint density at radius 3 is 2.76 bits per heavy atom. The van der Waals surface area contributed by atoms with Crippen LogP contribution >= 0.6 is 34.7 Å². The van der Waals surface area contributed by atoms with Crippen LogP contribution in [0, 0.1) is 5.41 Å². The number of fused-ring (bicyclic) bond motifs is 1. The van der Waals surface area contributed by atoms with Crippen LogP contribution in [0.25, 0.3) is 0 Å². The molecule has 0 radical (unpaired) electrons. The van der Waals surface area contributed by atoms with Crippen molar-refractivity contribution in [1.29, 1.82) is 0 Å². The molecule has 0 aromatic carbocycles. The zero-order chi connectivity index (χ0) is 18.4. The van der Waals surface area contributed by atoms with E-state index in [0.29, 0.717) is 5.00 Å². The third-order valence-electron chi connectivity index (χ3n) is 4.57. The van der Waals surface area contributed by atoms with Gasteiger partial charge in [-0.05, 0) is 17.5 Å². The second-order valence-electron chi connectivity index (χ2n) is 6.02. The number of ether oxygens (including phenoxy) is 1. The minimum absolute atomic E-state index is 0.00360. The lowest BCUT2D eigenvalue weighted by atomic mass is 9.87. The van der Waals surface area contributed by atoms with Crippen molar-refractivity contribution in [3.63, 3.8) is 0 Å². The molecule has 0 bridgehead atoms. The highest BCUT2D eigenvalue weighted by Gasteiger charge is 2.70. The molecule has 0 spiro atoms. The predicted molar refractivity (Wildman–Crippen MR) is 96.0 cm³/mol. The minimum atomic E-state index is -1.46. The van der Waals surface area contributed by atoms with Gasteiger partial charge < -0.3 is 14.7 Å². The van der Waals surface area contributed by atoms with Crippen molar-refractivity contribution in [2.45, 2.75) is 18.0 Å². The van der Waals surface area contributed by atoms with Gasteiger partial charge in [0.2, 0.25) is 5.91 Å². The van der Waals surface area contributed by atoms with E-state index in [9.17, 15) is 19.5 Å². The Morgan fingerprint density at radius 2 is 2.28 bits per heavy atom. The number of carboxylic acid groups (broad SMARTS) is 1. The van der Waals surface area contributed by atoms with Gasteiger partial charge in [0.05, 0.1) is 0 Å². The van der Waals surface area contributed by atoms with Crippen LogP contribution in [0.2, 0.25) is 0 Å². The highest BCUT2D eigenvalue weighted by atomic mass is 35.5. The van der Waals surface area contributed by atoms with Crippen LogP contribution in [0.1, 0.15) is 6.92 Å². The molecule has 3 heterocycles. The molecule has 1 aromatic rings. The number of carbonyl (C=O) groups excluding carboxylic acids is 2. The average molecular weight is 405 g/mol. The third-order valence-corrected chi connectivity index (χ3v) is 7.54. The number of aliphatic carboxylic acids is 1. The largest absolute Gasteiger partial charge is 0.481 e. The minimum Gasteiger partial charge on any atom is -0.481 e. The number of halogens is 1. The third kappa shape index (κ3) is 2.48. The number of anilines is 1. The summed E-state index contributed by atoms with van der Waals surface area (Å²) in [6, 6.07) is 3.54. The number of carboxylic acids is 1. The molecule has 0 saturated carbocycles. The number of rotatable bonds is 5. The number of thioether (sulfide) groups is 1. The molecule has 2 unspecified atom stereocenters. The quantitative estimate of drug-likeness (QED) is 0.456. The molecule has 2 aliphatic heterocycles. The van der Waals surface area contributed by atoms with Crippen molar-refractivity contribution in [2.24, 2.45) is 5.41 Å². The van der Waals surface area contributed by atoms with E-state index in [0.717, 1.165) is 0 Å². The van der Waals surface area contributed by atoms with Crippen LogP contribution in [0.15, 0.2) is 17.5 Å². The van der Waals surface area contributed by atoms with Crippen molar-refractivity contribution in [1.82, 2.24) is 4.90 Å². The van der Waals surface area contributed by atoms with E-state index in [1.807, 2.05) is 5.38 Å². The number of hydrogen-bond donors (Lipinski definition) is 1. The van der Waals surface area contributed by atoms with E-state index in [1.54, 1.807) is 12.1 Å². The fraction of sp³-hybridized carbons (Fsp3) is 0.533. The van der Waals surface area contributed by atoms with Gasteiger partial charge in [-0.15, -0.1) is 34.7 Å². The smallest absolute Gasteiger partial charge is 0.313 e. The first-order valence-electron chi connectivity index (χ1n) is 7.45. The van der Waals surface area contributed by atoms with Crippen molar-refractivity contribution < 1.29 is 24.2 Å². The van der Waals surface area contributed by atoms with Crippen molar-refractivity contribution in [3.8, 4) is 0 Å². The van der Waals surface area contributed by atoms with Crippen LogP contribution in [0.5, 0.6) is 0 Å². The summed E-state index contributed by atoms with van der Waals surface area (Å²) >= 11 is 8.50. The SMILES string of the molecule is COC1(N(C(C)=O)c2cccs2)C(=O)N2CC(CCl)(C(=O)O)CS[C@@H]21. The molecule has 136 valence electrons. The second kappa shape index (κ2) is 6.46. The van der Waals surface area contributed by atoms with Gasteiger partial charge in [0.15, 0.2) is 0 Å². The van der Waals surface area contributed by atoms with E-state index in [2.05, 4.69) is 0 Å². The Morgan fingerprint density at radius 1 is 1.56 bits per heavy atom. The normalized spacial score (nSPS) is 31.2. The summed E-state index contributed by atoms with van der Waals surface area (Å²) < 4.78 is 5.58. The summed E-state index contributed by atoms with van der Waals surface area (Å²) in [5, 5.41) is 11.4. The molecular formula is C15H17ClN2O5S2. The number of amides is 2. The summed E-state index contributed by atoms with van der Waals surface area (Å²) in [4.78, 5) is 39.7. The molecule has 2 fully saturated rings. The lowest BCUT2D eigenvalue weighted by Gasteiger charge is -2.61. The molecule has 1 aromatic heterocycles. The maximum atomic E-state index is 13.0. The van der Waals surface area contributed by atoms with Gasteiger partial charge in [0.25, 0.3) is 11.6 Å². The van der Waals surface area contributed by atoms with Gasteiger partial charge in [0, 0.05) is 32.2 Å². The number of carbonyl (C=O) groups is 3. The van der Waals surface area contributed by atoms with E-state index in [1.165, 1.54) is 46.9 Å². The van der Waals surface area contributed by atoms with E-state index < -0.39 is 28.4 Å². The molecular weight excluding hydrogens is 388 g/mol. The molecule has 3 rings (SSSR count). The van der Waals surface area contributed by atoms with Crippen LogP contribution in [-0.2, 0) is 19.1 Å². The Labute approximate surface area is 157 Å². The zero-order valence-corrected chi connectivity index (χ0v) is 16.0. The molecule has 2 aliphatic rings. The fourth-order valence-electron chi connectivity index (χ4n) is 3.23. The maximum Gasteiger partial charge on any atom is 0.313 e. The summed E-state index contributed by atoms with van der Waals surface area (Å²) in [5.74, 6) is -1.62. The van der Waals surface area contributed by atoms with Gasteiger partial charge in [-0.1, -0.05) is 0 Å². The second-order valence-corrected chi connectivity index (χ2v) is 8.28. The predicted octanol–water partition coefficient (Wildman–Crippen LogP) is 1.67. The van der Waals surface area contributed by atoms with Crippen molar-refractivity contribution >= 4 is 57.5 Å². The average Bonchev–Trinajstić information content (AvgIpc) is 3.11. The molecule has 2 saturated heterocycles. The summed E-state index contributed by atoms with van der Waals surface area (Å²) in [7, 11) is 1.39. The van der Waals surface area contributed by atoms with Gasteiger partial charge >= 0.3 is 5.97 Å². The van der Waals surface area contributed by atoms with Gasteiger partial charge in [-0.3, -0.25) is 19.3 Å². The zero-order valence-electron chi connectivity index (χ0n) is 13.6. The monoisotopic (exact) mass is 404 g/mol. The van der Waals surface area contributed by atoms with Crippen LogP contribution in [-0.4, -0.2) is 64.2 Å². The van der Waals surface area contributed by atoms with Crippen molar-refractivity contribution in [3.05, 3.63) is 17.5 Å². The molecule has 2 amide bonds. The first-order valence-corrected chi connectivity index (χ1v) is 9.92. The summed E-state index contributed by atoms with van der Waals surface area (Å²) in [5.41, 5.74) is -2.65. The van der Waals surface area contributed by atoms with E-state index in [-0.39, 0.29) is 24.1 Å². The topological polar surface area (TPSA) is 87.2 Å². The van der Waals surface area contributed by atoms with Gasteiger partial charge in [-0.2, -0.15) is 0 Å². The van der Waals surface area contributed by atoms with E-state index in [4.69, 9.17) is 16.3 Å². The first kappa shape index (κ1) is 18.5. The van der Waals surface area contributed by atoms with Crippen LogP contribution < -0.4 is 4.90 Å². The Kier molecular flexibility index (Phi) is 4.78. The molecule has 25 heavy (non-hydrogen) atoms. The summed E-state index contributed by atoms with van der Waals surface area (Å²) in [6.45, 7) is 1.38. The summed E-state index contributed by atoms with van der Waals surface area (Å²) in [6.07, 6.45) is 0. The first-order chi connectivity index (χ1) is 11.8. The number of nitrogens with zero attached hydrogens (tertiary/aromatic N) is 2. The Balaban J connectivity index is 1.97. The number of methoxy groups -OCH3 is 1. The Hall–Kier alpha value is -1.29. The lowest BCUT2D eigenvalue weighted by molar-refractivity contribution is -0.192. The fourth-order valence-corrected chi connectivity index (χ4v) is 6.13. The van der Waals surface area contributed by atoms with Crippen molar-refractivity contribution in [2.75, 3.05) is 30.2 Å². The van der Waals surface area contributed by atoms with Crippen LogP contribution in [0.3, 0.4) is 0 Å². The van der Waals surface area contributed by atoms with E-state index >= 15 is 0 Å². The Bertz CT molecular complexity index is 715. The number of β-lactam (4-membered cyclic amide) rings is 1. The molecule has 7 nitrogen and oxygen atoms in total. The standard InChI is InChI=1S/C15H17ClN2O5S2/c1-9(19)18(10-4-3-5-24-10)15(23-2)11(20)17-7-14(6-16,13(21)22)8-25-12(15)17/h3-5,12H,6-8H2,1-2H3,(H,21,22)/t12-,14?,15?/m1/s1. The maximum absolute atomic E-state index is 13.0. The van der Waals surface area contributed by atoms with Gasteiger partial charge in [0.1, 0.15) is 15.8 Å². The molecule has 3 atom stereocenters. The molecule has 0 aliphatic carbocycles. The lowest BCUT2D eigenvalue weighted by Crippen LogP contribution is -2.83. The number of thiophene rings is 1. The van der Waals surface area contributed by atoms with Gasteiger partial charge in [-0.25, -0.2) is 0 Å². The highest BCUT2D eigenvalue weighted by molar-refractivity contribution is 8.00. The molecule has 1 N–H and O–H groups in total.